The average Bonchev–Trinajstić information content (AvgIpc) is 3.60. The number of rotatable bonds is 8. The lowest BCUT2D eigenvalue weighted by molar-refractivity contribution is -0.200. The summed E-state index contributed by atoms with van der Waals surface area (Å²) in [5.74, 6) is 0.382. The minimum Gasteiger partial charge on any atom is -0.497 e. The molecule has 1 saturated heterocycles. The van der Waals surface area contributed by atoms with Gasteiger partial charge in [0, 0.05) is 22.3 Å². The van der Waals surface area contributed by atoms with Crippen molar-refractivity contribution in [1.29, 1.82) is 0 Å². The van der Waals surface area contributed by atoms with Crippen LogP contribution in [0.2, 0.25) is 18.1 Å². The number of ether oxygens (including phenoxy) is 4. The largest absolute Gasteiger partial charge is 0.497 e. The highest BCUT2D eigenvalue weighted by Gasteiger charge is 2.69. The third-order valence-corrected chi connectivity index (χ3v) is 17.8. The van der Waals surface area contributed by atoms with E-state index in [0.29, 0.717) is 31.4 Å². The molecule has 0 radical (unpaired) electrons. The fourth-order valence-corrected chi connectivity index (χ4v) is 10.4. The quantitative estimate of drug-likeness (QED) is 0.248. The summed E-state index contributed by atoms with van der Waals surface area (Å²) in [6.07, 6.45) is 2.03. The molecular weight excluding hydrogens is 637 g/mol. The van der Waals surface area contributed by atoms with Crippen LogP contribution in [0.3, 0.4) is 0 Å². The van der Waals surface area contributed by atoms with Gasteiger partial charge in [-0.05, 0) is 73.5 Å². The summed E-state index contributed by atoms with van der Waals surface area (Å²) in [6.45, 7) is 17.4. The van der Waals surface area contributed by atoms with Crippen molar-refractivity contribution in [2.75, 3.05) is 13.7 Å². The molecule has 2 bridgehead atoms. The van der Waals surface area contributed by atoms with Crippen LogP contribution >= 0.6 is 0 Å². The molecule has 8 nitrogen and oxygen atoms in total. The number of aliphatic hydroxyl groups excluding tert-OH is 1. The fourth-order valence-electron chi connectivity index (χ4n) is 8.96. The SMILES string of the molecule is COc1ccc([C@@H]2O[C@@H]3[C@H]4CC[C@@](O)(/C(OCc5ccccc5)=C\[C@@H]5[C@](O)(CO)CC[C@H](O[Si](C)(C)C(C)(C)C)[C@@]5(C)[C@@H]3O2)C4(C)C)cc1. The molecule has 3 N–H and O–H groups in total. The molecule has 9 atom stereocenters. The summed E-state index contributed by atoms with van der Waals surface area (Å²) in [7, 11) is -0.696. The summed E-state index contributed by atoms with van der Waals surface area (Å²) in [4.78, 5) is 0. The van der Waals surface area contributed by atoms with E-state index in [1.54, 1.807) is 7.11 Å². The first-order chi connectivity index (χ1) is 22.9. The van der Waals surface area contributed by atoms with Gasteiger partial charge in [-0.2, -0.15) is 0 Å². The van der Waals surface area contributed by atoms with Gasteiger partial charge in [-0.15, -0.1) is 0 Å². The van der Waals surface area contributed by atoms with Gasteiger partial charge in [0.25, 0.3) is 0 Å². The topological polar surface area (TPSA) is 107 Å². The molecule has 2 aromatic carbocycles. The minimum absolute atomic E-state index is 0.0594. The highest BCUT2D eigenvalue weighted by atomic mass is 28.4. The van der Waals surface area contributed by atoms with Gasteiger partial charge in [-0.3, -0.25) is 0 Å². The molecule has 2 saturated carbocycles. The Kier molecular flexibility index (Phi) is 9.52. The van der Waals surface area contributed by atoms with Crippen molar-refractivity contribution in [2.24, 2.45) is 22.7 Å². The predicted molar refractivity (Wildman–Crippen MR) is 191 cm³/mol. The van der Waals surface area contributed by atoms with Gasteiger partial charge in [-0.25, -0.2) is 0 Å². The summed E-state index contributed by atoms with van der Waals surface area (Å²) in [5, 5.41) is 36.3. The van der Waals surface area contributed by atoms with Crippen molar-refractivity contribution in [3.63, 3.8) is 0 Å². The smallest absolute Gasteiger partial charge is 0.192 e. The van der Waals surface area contributed by atoms with Crippen LogP contribution in [0.15, 0.2) is 66.4 Å². The maximum atomic E-state index is 12.9. The van der Waals surface area contributed by atoms with Crippen molar-refractivity contribution in [3.05, 3.63) is 77.6 Å². The lowest BCUT2D eigenvalue weighted by Crippen LogP contribution is -2.66. The zero-order chi connectivity index (χ0) is 35.6. The predicted octanol–water partition coefficient (Wildman–Crippen LogP) is 7.29. The Morgan fingerprint density at radius 3 is 2.20 bits per heavy atom. The van der Waals surface area contributed by atoms with E-state index in [1.165, 1.54) is 0 Å². The second-order valence-electron chi connectivity index (χ2n) is 17.3. The number of aliphatic hydroxyl groups is 3. The summed E-state index contributed by atoms with van der Waals surface area (Å²) in [5.41, 5.74) is -2.59. The molecule has 49 heavy (non-hydrogen) atoms. The summed E-state index contributed by atoms with van der Waals surface area (Å²) >= 11 is 0. The molecule has 0 spiro atoms. The standard InChI is InChI=1S/C40H58O8Si/c1-36(2,3)49(8,9)48-31-20-21-39(42,25-41)30-23-32(45-24-26-13-11-10-12-14-26)40(43)22-19-29(37(40,4)5)33-34(38(30,31)6)47-35(46-33)27-15-17-28(44-7)18-16-27/h10-18,23,29-31,33-35,41-43H,19-22,24-25H2,1-9H3/b32-23+/t29-,30+,31+,33-,34-,35-,38+,39-,40-/m1/s1. The Labute approximate surface area is 293 Å². The van der Waals surface area contributed by atoms with Crippen molar-refractivity contribution in [3.8, 4) is 5.75 Å². The Morgan fingerprint density at radius 1 is 0.918 bits per heavy atom. The first-order valence-electron chi connectivity index (χ1n) is 18.0. The molecule has 4 aliphatic rings. The number of fused-ring (bicyclic) bond motifs is 6. The van der Waals surface area contributed by atoms with Gasteiger partial charge >= 0.3 is 0 Å². The number of methoxy groups -OCH3 is 1. The van der Waals surface area contributed by atoms with E-state index < -0.39 is 61.4 Å². The summed E-state index contributed by atoms with van der Waals surface area (Å²) < 4.78 is 33.6. The molecule has 0 aromatic heterocycles. The molecule has 1 heterocycles. The van der Waals surface area contributed by atoms with E-state index in [2.05, 4.69) is 54.6 Å². The van der Waals surface area contributed by atoms with Gasteiger partial charge in [-0.1, -0.05) is 84.0 Å². The van der Waals surface area contributed by atoms with Crippen LogP contribution in [0, 0.1) is 22.7 Å². The number of hydrogen-bond donors (Lipinski definition) is 3. The van der Waals surface area contributed by atoms with Gasteiger partial charge in [0.05, 0.1) is 37.6 Å². The summed E-state index contributed by atoms with van der Waals surface area (Å²) in [6, 6.07) is 17.7. The van der Waals surface area contributed by atoms with Crippen LogP contribution in [-0.4, -0.2) is 66.9 Å². The molecule has 270 valence electrons. The van der Waals surface area contributed by atoms with E-state index in [-0.39, 0.29) is 23.7 Å². The van der Waals surface area contributed by atoms with Crippen molar-refractivity contribution in [1.82, 2.24) is 0 Å². The molecular formula is C40H58O8Si. The lowest BCUT2D eigenvalue weighted by Gasteiger charge is -2.58. The first-order valence-corrected chi connectivity index (χ1v) is 20.9. The molecule has 0 amide bonds. The van der Waals surface area contributed by atoms with Crippen molar-refractivity contribution >= 4 is 8.32 Å². The van der Waals surface area contributed by atoms with Crippen LogP contribution < -0.4 is 4.74 Å². The van der Waals surface area contributed by atoms with E-state index in [9.17, 15) is 15.3 Å². The van der Waals surface area contributed by atoms with E-state index in [1.807, 2.05) is 60.7 Å². The molecule has 6 rings (SSSR count). The van der Waals surface area contributed by atoms with Gasteiger partial charge in [0.1, 0.15) is 23.7 Å². The Hall–Kier alpha value is -2.24. The normalized spacial score (nSPS) is 38.3. The molecule has 1 aliphatic heterocycles. The highest BCUT2D eigenvalue weighted by Crippen LogP contribution is 2.64. The molecule has 2 aromatic rings. The second kappa shape index (κ2) is 12.8. The van der Waals surface area contributed by atoms with Crippen LogP contribution in [-0.2, 0) is 25.2 Å². The molecule has 9 heteroatoms. The maximum absolute atomic E-state index is 12.9. The average molecular weight is 695 g/mol. The molecule has 0 unspecified atom stereocenters. The van der Waals surface area contributed by atoms with E-state index in [0.717, 1.165) is 16.9 Å². The van der Waals surface area contributed by atoms with E-state index in [4.69, 9.17) is 23.4 Å². The van der Waals surface area contributed by atoms with Gasteiger partial charge in [0.15, 0.2) is 14.6 Å². The van der Waals surface area contributed by atoms with Gasteiger partial charge in [0.2, 0.25) is 0 Å². The van der Waals surface area contributed by atoms with Crippen LogP contribution in [0.25, 0.3) is 0 Å². The van der Waals surface area contributed by atoms with Gasteiger partial charge < -0.3 is 38.7 Å². The Bertz CT molecular complexity index is 1500. The monoisotopic (exact) mass is 694 g/mol. The third-order valence-electron chi connectivity index (χ3n) is 13.3. The highest BCUT2D eigenvalue weighted by molar-refractivity contribution is 6.74. The zero-order valence-electron chi connectivity index (χ0n) is 30.9. The number of hydrogen-bond acceptors (Lipinski definition) is 8. The van der Waals surface area contributed by atoms with Crippen molar-refractivity contribution in [2.45, 2.75) is 128 Å². The molecule has 3 aliphatic carbocycles. The third kappa shape index (κ3) is 6.01. The van der Waals surface area contributed by atoms with Crippen LogP contribution in [0.1, 0.15) is 84.6 Å². The van der Waals surface area contributed by atoms with Crippen molar-refractivity contribution < 1.29 is 38.7 Å². The fraction of sp³-hybridized carbons (Fsp3) is 0.650. The lowest BCUT2D eigenvalue weighted by atomic mass is 9.55. The van der Waals surface area contributed by atoms with E-state index >= 15 is 0 Å². The maximum Gasteiger partial charge on any atom is 0.192 e. The zero-order valence-corrected chi connectivity index (χ0v) is 31.9. The van der Waals surface area contributed by atoms with Crippen LogP contribution in [0.4, 0.5) is 0 Å². The Balaban J connectivity index is 1.55. The van der Waals surface area contributed by atoms with Crippen LogP contribution in [0.5, 0.6) is 5.75 Å². The first kappa shape index (κ1) is 36.5. The Morgan fingerprint density at radius 2 is 1.59 bits per heavy atom. The minimum atomic E-state index is -2.34. The number of benzene rings is 2. The molecule has 3 fully saturated rings. The second-order valence-corrected chi connectivity index (χ2v) is 22.1.